The minimum absolute atomic E-state index is 0.0869. The number of hydrogen-bond donors (Lipinski definition) is 2. The molecule has 0 aliphatic carbocycles. The average Bonchev–Trinajstić information content (AvgIpc) is 3.34. The van der Waals surface area contributed by atoms with Crippen molar-refractivity contribution in [2.75, 3.05) is 35.7 Å². The van der Waals surface area contributed by atoms with E-state index in [0.29, 0.717) is 23.7 Å². The van der Waals surface area contributed by atoms with Crippen molar-refractivity contribution in [3.63, 3.8) is 0 Å². The number of aromatic nitrogens is 2. The Labute approximate surface area is 190 Å². The Balaban J connectivity index is 1.44. The van der Waals surface area contributed by atoms with E-state index in [-0.39, 0.29) is 17.7 Å². The summed E-state index contributed by atoms with van der Waals surface area (Å²) >= 11 is 1.63. The number of piperidine rings is 1. The van der Waals surface area contributed by atoms with Crippen LogP contribution in [0.15, 0.2) is 47.8 Å². The molecule has 0 spiro atoms. The fourth-order valence-corrected chi connectivity index (χ4v) is 4.46. The molecule has 1 unspecified atom stereocenters. The highest BCUT2D eigenvalue weighted by Gasteiger charge is 2.27. The number of nitrogens with one attached hydrogen (secondary N) is 2. The Morgan fingerprint density at radius 3 is 2.72 bits per heavy atom. The van der Waals surface area contributed by atoms with Crippen LogP contribution in [0.25, 0.3) is 10.6 Å². The molecule has 3 aromatic rings. The summed E-state index contributed by atoms with van der Waals surface area (Å²) in [7, 11) is 1.55. The summed E-state index contributed by atoms with van der Waals surface area (Å²) in [5.74, 6) is 0.845. The van der Waals surface area contributed by atoms with Gasteiger partial charge in [-0.25, -0.2) is 0 Å². The largest absolute Gasteiger partial charge is 0.495 e. The molecule has 2 amide bonds. The number of carbonyl (C=O) groups excluding carboxylic acids is 2. The monoisotopic (exact) mass is 451 g/mol. The van der Waals surface area contributed by atoms with Crippen molar-refractivity contribution < 1.29 is 14.3 Å². The van der Waals surface area contributed by atoms with E-state index in [9.17, 15) is 9.59 Å². The van der Waals surface area contributed by atoms with Gasteiger partial charge in [0, 0.05) is 25.7 Å². The first-order chi connectivity index (χ1) is 15.5. The fraction of sp³-hybridized carbons (Fsp3) is 0.304. The van der Waals surface area contributed by atoms with Crippen LogP contribution < -0.4 is 20.3 Å². The van der Waals surface area contributed by atoms with Gasteiger partial charge in [-0.1, -0.05) is 6.07 Å². The zero-order chi connectivity index (χ0) is 22.5. The number of hydrogen-bond acceptors (Lipinski definition) is 7. The molecule has 1 saturated heterocycles. The Morgan fingerprint density at radius 2 is 2.03 bits per heavy atom. The summed E-state index contributed by atoms with van der Waals surface area (Å²) in [4.78, 5) is 27.6. The second kappa shape index (κ2) is 9.78. The maximum Gasteiger partial charge on any atom is 0.229 e. The number of rotatable bonds is 6. The molecule has 1 atom stereocenters. The van der Waals surface area contributed by atoms with E-state index >= 15 is 0 Å². The summed E-state index contributed by atoms with van der Waals surface area (Å²) < 4.78 is 5.37. The average molecular weight is 452 g/mol. The van der Waals surface area contributed by atoms with Crippen LogP contribution in [0, 0.1) is 5.92 Å². The van der Waals surface area contributed by atoms with Crippen LogP contribution in [0.2, 0.25) is 0 Å². The van der Waals surface area contributed by atoms with E-state index in [0.717, 1.165) is 35.8 Å². The van der Waals surface area contributed by atoms with E-state index < -0.39 is 0 Å². The fourth-order valence-electron chi connectivity index (χ4n) is 3.77. The second-order valence-electron chi connectivity index (χ2n) is 7.62. The number of methoxy groups -OCH3 is 1. The smallest absolute Gasteiger partial charge is 0.229 e. The molecule has 2 aromatic heterocycles. The van der Waals surface area contributed by atoms with Gasteiger partial charge in [0.05, 0.1) is 23.6 Å². The van der Waals surface area contributed by atoms with Gasteiger partial charge >= 0.3 is 0 Å². The van der Waals surface area contributed by atoms with Crippen LogP contribution >= 0.6 is 11.3 Å². The lowest BCUT2D eigenvalue weighted by Crippen LogP contribution is -2.41. The SMILES string of the molecule is COc1ccc(NC(C)=O)cc1NC(=O)C1CCCN(c2ccc(-c3cccs3)nn2)C1. The number of thiophene rings is 1. The van der Waals surface area contributed by atoms with Gasteiger partial charge in [-0.3, -0.25) is 9.59 Å². The lowest BCUT2D eigenvalue weighted by molar-refractivity contribution is -0.120. The van der Waals surface area contributed by atoms with Crippen LogP contribution in [0.3, 0.4) is 0 Å². The van der Waals surface area contributed by atoms with Gasteiger partial charge in [0.25, 0.3) is 0 Å². The normalized spacial score (nSPS) is 15.8. The Morgan fingerprint density at radius 1 is 1.16 bits per heavy atom. The standard InChI is InChI=1S/C23H25N5O3S/c1-15(29)24-17-7-9-20(31-2)19(13-17)25-23(30)16-5-3-11-28(14-16)22-10-8-18(26-27-22)21-6-4-12-32-21/h4,6-10,12-13,16H,3,5,11,14H2,1-2H3,(H,24,29)(H,25,30). The van der Waals surface area contributed by atoms with Gasteiger partial charge in [0.15, 0.2) is 5.82 Å². The first-order valence-electron chi connectivity index (χ1n) is 10.4. The highest BCUT2D eigenvalue weighted by molar-refractivity contribution is 7.13. The molecule has 0 saturated carbocycles. The van der Waals surface area contributed by atoms with Crippen molar-refractivity contribution in [1.29, 1.82) is 0 Å². The molecule has 8 nitrogen and oxygen atoms in total. The number of nitrogens with zero attached hydrogens (tertiary/aromatic N) is 3. The van der Waals surface area contributed by atoms with Gasteiger partial charge in [-0.05, 0) is 54.6 Å². The van der Waals surface area contributed by atoms with Crippen LogP contribution in [0.1, 0.15) is 19.8 Å². The first kappa shape index (κ1) is 21.8. The van der Waals surface area contributed by atoms with Crippen molar-refractivity contribution in [2.24, 2.45) is 5.92 Å². The molecule has 4 rings (SSSR count). The molecule has 0 radical (unpaired) electrons. The third-order valence-electron chi connectivity index (χ3n) is 5.32. The Kier molecular flexibility index (Phi) is 6.65. The number of carbonyl (C=O) groups is 2. The Hall–Kier alpha value is -3.46. The quantitative estimate of drug-likeness (QED) is 0.587. The third-order valence-corrected chi connectivity index (χ3v) is 6.21. The van der Waals surface area contributed by atoms with Gasteiger partial charge in [0.1, 0.15) is 11.4 Å². The van der Waals surface area contributed by atoms with E-state index in [4.69, 9.17) is 4.74 Å². The topological polar surface area (TPSA) is 96.5 Å². The molecule has 2 N–H and O–H groups in total. The molecule has 32 heavy (non-hydrogen) atoms. The van der Waals surface area contributed by atoms with Crippen molar-refractivity contribution in [1.82, 2.24) is 10.2 Å². The molecule has 1 fully saturated rings. The summed E-state index contributed by atoms with van der Waals surface area (Å²) in [5, 5.41) is 16.5. The van der Waals surface area contributed by atoms with Crippen LogP contribution in [0.5, 0.6) is 5.75 Å². The van der Waals surface area contributed by atoms with Crippen molar-refractivity contribution >= 4 is 40.3 Å². The molecular weight excluding hydrogens is 426 g/mol. The van der Waals surface area contributed by atoms with Crippen LogP contribution in [-0.4, -0.2) is 42.2 Å². The van der Waals surface area contributed by atoms with Gasteiger partial charge in [0.2, 0.25) is 11.8 Å². The van der Waals surface area contributed by atoms with E-state index in [1.165, 1.54) is 6.92 Å². The molecular formula is C23H25N5O3S. The lowest BCUT2D eigenvalue weighted by Gasteiger charge is -2.32. The second-order valence-corrected chi connectivity index (χ2v) is 8.57. The maximum absolute atomic E-state index is 13.0. The van der Waals surface area contributed by atoms with Gasteiger partial charge in [-0.15, -0.1) is 21.5 Å². The first-order valence-corrected chi connectivity index (χ1v) is 11.3. The van der Waals surface area contributed by atoms with Crippen molar-refractivity contribution in [2.45, 2.75) is 19.8 Å². The van der Waals surface area contributed by atoms with E-state index in [1.807, 2.05) is 29.6 Å². The predicted molar refractivity (Wildman–Crippen MR) is 126 cm³/mol. The molecule has 0 bridgehead atoms. The zero-order valence-corrected chi connectivity index (χ0v) is 18.8. The molecule has 166 valence electrons. The minimum Gasteiger partial charge on any atom is -0.495 e. The van der Waals surface area contributed by atoms with Crippen LogP contribution in [-0.2, 0) is 9.59 Å². The summed E-state index contributed by atoms with van der Waals surface area (Å²) in [6.07, 6.45) is 1.67. The third kappa shape index (κ3) is 5.05. The highest BCUT2D eigenvalue weighted by atomic mass is 32.1. The summed E-state index contributed by atoms with van der Waals surface area (Å²) in [6.45, 7) is 2.83. The Bertz CT molecular complexity index is 1090. The van der Waals surface area contributed by atoms with Gasteiger partial charge < -0.3 is 20.3 Å². The van der Waals surface area contributed by atoms with Crippen molar-refractivity contribution in [3.8, 4) is 16.3 Å². The van der Waals surface area contributed by atoms with E-state index in [2.05, 4.69) is 25.7 Å². The van der Waals surface area contributed by atoms with Crippen LogP contribution in [0.4, 0.5) is 17.2 Å². The minimum atomic E-state index is -0.198. The summed E-state index contributed by atoms with van der Waals surface area (Å²) in [6, 6.07) is 13.1. The highest BCUT2D eigenvalue weighted by Crippen LogP contribution is 2.30. The number of ether oxygens (including phenoxy) is 1. The summed E-state index contributed by atoms with van der Waals surface area (Å²) in [5.41, 5.74) is 1.97. The maximum atomic E-state index is 13.0. The number of amides is 2. The number of benzene rings is 1. The van der Waals surface area contributed by atoms with Crippen molar-refractivity contribution in [3.05, 3.63) is 47.8 Å². The van der Waals surface area contributed by atoms with E-state index in [1.54, 1.807) is 36.6 Å². The lowest BCUT2D eigenvalue weighted by atomic mass is 9.97. The zero-order valence-electron chi connectivity index (χ0n) is 18.0. The molecule has 9 heteroatoms. The molecule has 1 aliphatic rings. The molecule has 1 aromatic carbocycles. The molecule has 1 aliphatic heterocycles. The molecule has 3 heterocycles. The predicted octanol–water partition coefficient (Wildman–Crippen LogP) is 4.03. The number of anilines is 3. The van der Waals surface area contributed by atoms with Gasteiger partial charge in [-0.2, -0.15) is 0 Å².